The summed E-state index contributed by atoms with van der Waals surface area (Å²) in [6.07, 6.45) is 1.75. The molecule has 5 nitrogen and oxygen atoms in total. The van der Waals surface area contributed by atoms with Gasteiger partial charge in [-0.05, 0) is 30.3 Å². The molecule has 0 radical (unpaired) electrons. The molecule has 0 saturated carbocycles. The van der Waals surface area contributed by atoms with E-state index in [4.69, 9.17) is 9.72 Å². The number of rotatable bonds is 5. The van der Waals surface area contributed by atoms with Gasteiger partial charge in [-0.3, -0.25) is 9.36 Å². The zero-order valence-electron chi connectivity index (χ0n) is 19.1. The van der Waals surface area contributed by atoms with Crippen molar-refractivity contribution in [2.45, 2.75) is 58.6 Å². The summed E-state index contributed by atoms with van der Waals surface area (Å²) in [5.74, 6) is 0.459. The third-order valence-corrected chi connectivity index (χ3v) is 7.29. The van der Waals surface area contributed by atoms with E-state index in [1.54, 1.807) is 16.8 Å². The van der Waals surface area contributed by atoms with Crippen molar-refractivity contribution in [3.05, 3.63) is 52.5 Å². The topological polar surface area (TPSA) is 59.9 Å². The normalized spacial score (nSPS) is 13.0. The predicted octanol–water partition coefficient (Wildman–Crippen LogP) is 5.78. The molecule has 0 saturated heterocycles. The Morgan fingerprint density at radius 2 is 1.87 bits per heavy atom. The van der Waals surface area contributed by atoms with Crippen molar-refractivity contribution < 1.29 is 9.13 Å². The molecule has 7 heteroatoms. The van der Waals surface area contributed by atoms with Gasteiger partial charge in [0.25, 0.3) is 5.56 Å². The number of hydrogen-bond acceptors (Lipinski definition) is 3. The lowest BCUT2D eigenvalue weighted by Gasteiger charge is -2.16. The van der Waals surface area contributed by atoms with Crippen LogP contribution < -0.4 is 5.56 Å². The van der Waals surface area contributed by atoms with Gasteiger partial charge in [0.2, 0.25) is 0 Å². The molecule has 0 amide bonds. The molecule has 2 heterocycles. The van der Waals surface area contributed by atoms with Gasteiger partial charge in [-0.15, -0.1) is 0 Å². The molecule has 0 aliphatic rings. The average Bonchev–Trinajstić information content (AvgIpc) is 3.11. The number of halogens is 1. The van der Waals surface area contributed by atoms with Crippen LogP contribution in [0.1, 0.15) is 26.6 Å². The molecule has 0 bridgehead atoms. The lowest BCUT2D eigenvalue weighted by atomic mass is 9.96. The van der Waals surface area contributed by atoms with Crippen molar-refractivity contribution in [2.24, 2.45) is 0 Å². The van der Waals surface area contributed by atoms with E-state index in [0.29, 0.717) is 17.4 Å². The number of hydrogen-bond donors (Lipinski definition) is 1. The Morgan fingerprint density at radius 3 is 2.55 bits per heavy atom. The molecule has 0 unspecified atom stereocenters. The third-order valence-electron chi connectivity index (χ3n) is 5.58. The fourth-order valence-electron chi connectivity index (χ4n) is 3.73. The number of aromatic amines is 1. The van der Waals surface area contributed by atoms with Crippen LogP contribution in [0.2, 0.25) is 25.7 Å². The zero-order valence-corrected chi connectivity index (χ0v) is 20.1. The fourth-order valence-corrected chi connectivity index (χ4v) is 4.49. The highest BCUT2D eigenvalue weighted by atomic mass is 28.3. The van der Waals surface area contributed by atoms with E-state index < -0.39 is 8.07 Å². The van der Waals surface area contributed by atoms with Gasteiger partial charge >= 0.3 is 0 Å². The Kier molecular flexibility index (Phi) is 5.30. The Hall–Kier alpha value is -2.51. The van der Waals surface area contributed by atoms with E-state index in [-0.39, 0.29) is 23.5 Å². The van der Waals surface area contributed by atoms with Crippen molar-refractivity contribution in [2.75, 3.05) is 6.61 Å². The molecular weight excluding hydrogens is 409 g/mol. The Morgan fingerprint density at radius 1 is 1.13 bits per heavy atom. The smallest absolute Gasteiger partial charge is 0.261 e. The van der Waals surface area contributed by atoms with Gasteiger partial charge in [-0.1, -0.05) is 40.4 Å². The number of pyridine rings is 1. The summed E-state index contributed by atoms with van der Waals surface area (Å²) in [4.78, 5) is 21.7. The minimum atomic E-state index is -1.20. The number of benzene rings is 2. The zero-order chi connectivity index (χ0) is 22.6. The first-order chi connectivity index (χ1) is 14.5. The number of nitrogens with one attached hydrogen (secondary N) is 1. The van der Waals surface area contributed by atoms with Crippen LogP contribution in [0.3, 0.4) is 0 Å². The number of ether oxygens (including phenoxy) is 1. The molecule has 2 aromatic carbocycles. The molecule has 4 rings (SSSR count). The van der Waals surface area contributed by atoms with Crippen molar-refractivity contribution in [1.29, 1.82) is 0 Å². The van der Waals surface area contributed by atoms with Gasteiger partial charge in [0.05, 0.1) is 16.4 Å². The lowest BCUT2D eigenvalue weighted by molar-refractivity contribution is 0.0851. The first kappa shape index (κ1) is 21.7. The fraction of sp³-hybridized carbons (Fsp3) is 0.417. The van der Waals surface area contributed by atoms with Crippen LogP contribution in [-0.2, 0) is 16.9 Å². The van der Waals surface area contributed by atoms with Crippen molar-refractivity contribution >= 4 is 40.7 Å². The average molecular weight is 440 g/mol. The number of imidazole rings is 1. The van der Waals surface area contributed by atoms with E-state index in [9.17, 15) is 9.18 Å². The van der Waals surface area contributed by atoms with E-state index in [0.717, 1.165) is 33.7 Å². The molecule has 1 N–H and O–H groups in total. The molecule has 2 aromatic heterocycles. The Labute approximate surface area is 182 Å². The largest absolute Gasteiger partial charge is 0.361 e. The molecule has 164 valence electrons. The number of nitrogens with zero attached hydrogens (tertiary/aromatic N) is 2. The maximum Gasteiger partial charge on any atom is 0.261 e. The minimum absolute atomic E-state index is 0.184. The summed E-state index contributed by atoms with van der Waals surface area (Å²) in [5.41, 5.74) is 1.20. The highest BCUT2D eigenvalue weighted by Gasteiger charge is 2.22. The van der Waals surface area contributed by atoms with Gasteiger partial charge in [-0.25, -0.2) is 9.37 Å². The molecule has 31 heavy (non-hydrogen) atoms. The summed E-state index contributed by atoms with van der Waals surface area (Å²) in [5, 5.41) is 2.59. The summed E-state index contributed by atoms with van der Waals surface area (Å²) in [6, 6.07) is 7.49. The Bertz CT molecular complexity index is 1340. The lowest BCUT2D eigenvalue weighted by Crippen LogP contribution is -2.24. The van der Waals surface area contributed by atoms with E-state index in [1.165, 1.54) is 12.1 Å². The van der Waals surface area contributed by atoms with Crippen LogP contribution in [-0.4, -0.2) is 29.2 Å². The first-order valence-corrected chi connectivity index (χ1v) is 14.4. The van der Waals surface area contributed by atoms with Crippen molar-refractivity contribution in [1.82, 2.24) is 14.5 Å². The summed E-state index contributed by atoms with van der Waals surface area (Å²) in [6.45, 7) is 13.9. The van der Waals surface area contributed by atoms with E-state index in [1.807, 2.05) is 6.07 Å². The molecule has 0 spiro atoms. The second kappa shape index (κ2) is 7.57. The van der Waals surface area contributed by atoms with Crippen LogP contribution in [0.15, 0.2) is 35.3 Å². The molecule has 4 aromatic rings. The van der Waals surface area contributed by atoms with Crippen LogP contribution in [0, 0.1) is 5.82 Å². The van der Waals surface area contributed by atoms with Gasteiger partial charge in [0.15, 0.2) is 0 Å². The van der Waals surface area contributed by atoms with Crippen LogP contribution in [0.5, 0.6) is 0 Å². The molecule has 0 aliphatic heterocycles. The monoisotopic (exact) mass is 439 g/mol. The summed E-state index contributed by atoms with van der Waals surface area (Å²) in [7, 11) is -1.20. The Balaban J connectivity index is 1.91. The quantitative estimate of drug-likeness (QED) is 0.244. The highest BCUT2D eigenvalue weighted by Crippen LogP contribution is 2.34. The summed E-state index contributed by atoms with van der Waals surface area (Å²) >= 11 is 0. The molecule has 0 fully saturated rings. The SMILES string of the molecule is CC(C)(C)c1nc2c3ccc(F)cc3c3c(=O)n(COCC[Si](C)(C)C)ccc3c2[nH]1. The maximum atomic E-state index is 14.2. The molecule has 0 aliphatic carbocycles. The number of fused-ring (bicyclic) bond motifs is 6. The van der Waals surface area contributed by atoms with Gasteiger partial charge in [0, 0.05) is 42.5 Å². The van der Waals surface area contributed by atoms with Gasteiger partial charge in [0.1, 0.15) is 18.4 Å². The standard InChI is InChI=1S/C24H30FN3O2Si/c1-24(2,3)23-26-20-16-8-7-15(25)13-18(16)19-17(21(20)27-23)9-10-28(22(19)29)14-30-11-12-31(4,5)6/h7-10,13H,11-12,14H2,1-6H3,(H,26,27). The molecular formula is C24H30FN3O2Si. The third kappa shape index (κ3) is 4.16. The van der Waals surface area contributed by atoms with Crippen LogP contribution in [0.4, 0.5) is 4.39 Å². The number of H-pyrrole nitrogens is 1. The van der Waals surface area contributed by atoms with Crippen LogP contribution in [0.25, 0.3) is 32.6 Å². The van der Waals surface area contributed by atoms with Gasteiger partial charge in [-0.2, -0.15) is 0 Å². The van der Waals surface area contributed by atoms with Gasteiger partial charge < -0.3 is 9.72 Å². The van der Waals surface area contributed by atoms with E-state index >= 15 is 0 Å². The minimum Gasteiger partial charge on any atom is -0.361 e. The highest BCUT2D eigenvalue weighted by molar-refractivity contribution is 6.76. The second-order valence-corrected chi connectivity index (χ2v) is 16.1. The summed E-state index contributed by atoms with van der Waals surface area (Å²) < 4.78 is 21.6. The maximum absolute atomic E-state index is 14.2. The first-order valence-electron chi connectivity index (χ1n) is 10.7. The second-order valence-electron chi connectivity index (χ2n) is 10.5. The van der Waals surface area contributed by atoms with Crippen molar-refractivity contribution in [3.63, 3.8) is 0 Å². The van der Waals surface area contributed by atoms with E-state index in [2.05, 4.69) is 45.4 Å². The predicted molar refractivity (Wildman–Crippen MR) is 128 cm³/mol. The number of aromatic nitrogens is 3. The molecule has 0 atom stereocenters. The van der Waals surface area contributed by atoms with Crippen molar-refractivity contribution in [3.8, 4) is 0 Å². The van der Waals surface area contributed by atoms with Crippen LogP contribution >= 0.6 is 0 Å².